The Kier molecular flexibility index (Phi) is 11.3. The summed E-state index contributed by atoms with van der Waals surface area (Å²) in [6.07, 6.45) is 2.36. The minimum absolute atomic E-state index is 0.0882. The van der Waals surface area contributed by atoms with E-state index in [9.17, 15) is 39.7 Å². The van der Waals surface area contributed by atoms with Gasteiger partial charge < -0.3 is 35.2 Å². The molecule has 7 rings (SSSR count). The predicted octanol–water partition coefficient (Wildman–Crippen LogP) is 8.10. The molecule has 17 nitrogen and oxygen atoms in total. The molecule has 2 aliphatic rings. The third-order valence-electron chi connectivity index (χ3n) is 11.0. The largest absolute Gasteiger partial charge is 0.478 e. The first-order valence-electron chi connectivity index (χ1n) is 19.6. The molecule has 0 bridgehead atoms. The Hall–Kier alpha value is -6.88. The molecule has 1 aliphatic carbocycles. The van der Waals surface area contributed by atoms with E-state index in [0.717, 1.165) is 12.5 Å². The van der Waals surface area contributed by atoms with Gasteiger partial charge in [0.15, 0.2) is 11.5 Å². The van der Waals surface area contributed by atoms with Gasteiger partial charge in [-0.3, -0.25) is 29.8 Å². The van der Waals surface area contributed by atoms with Crippen molar-refractivity contribution in [3.63, 3.8) is 0 Å². The number of aromatic nitrogens is 1. The summed E-state index contributed by atoms with van der Waals surface area (Å²) in [5.74, 6) is -1.29. The molecule has 4 aromatic carbocycles. The molecule has 1 atom stereocenters. The molecule has 1 aromatic heterocycles. The van der Waals surface area contributed by atoms with Crippen LogP contribution in [0.25, 0.3) is 22.2 Å². The van der Waals surface area contributed by atoms with Crippen molar-refractivity contribution >= 4 is 62.7 Å². The molecule has 0 spiro atoms. The number of aromatic carboxylic acids is 1. The molecular weight excluding hydrogens is 775 g/mol. The number of ketones is 1. The first kappa shape index (κ1) is 41.3. The second-order valence-corrected chi connectivity index (χ2v) is 16.3. The lowest BCUT2D eigenvalue weighted by molar-refractivity contribution is -0.393. The lowest BCUT2D eigenvalue weighted by Crippen LogP contribution is -2.44. The molecule has 0 unspecified atom stereocenters. The summed E-state index contributed by atoms with van der Waals surface area (Å²) in [5.41, 5.74) is 1.82. The van der Waals surface area contributed by atoms with Gasteiger partial charge in [-0.25, -0.2) is 4.79 Å². The Morgan fingerprint density at radius 3 is 2.47 bits per heavy atom. The third kappa shape index (κ3) is 8.61. The highest BCUT2D eigenvalue weighted by Gasteiger charge is 2.36. The molecule has 1 saturated heterocycles. The molecular formula is C43H45N7O10. The van der Waals surface area contributed by atoms with Crippen LogP contribution in [0.1, 0.15) is 79.7 Å². The number of nitrogens with zero attached hydrogens (tertiary/aromatic N) is 4. The highest BCUT2D eigenvalue weighted by Crippen LogP contribution is 2.47. The summed E-state index contributed by atoms with van der Waals surface area (Å²) >= 11 is 0. The summed E-state index contributed by atoms with van der Waals surface area (Å²) in [4.78, 5) is 63.0. The molecule has 2 heterocycles. The Labute approximate surface area is 344 Å². The van der Waals surface area contributed by atoms with Crippen LogP contribution in [0.5, 0.6) is 0 Å². The summed E-state index contributed by atoms with van der Waals surface area (Å²) < 4.78 is 12.1. The normalized spacial score (nSPS) is 15.0. The van der Waals surface area contributed by atoms with Gasteiger partial charge in [-0.05, 0) is 83.7 Å². The van der Waals surface area contributed by atoms with Crippen molar-refractivity contribution in [2.45, 2.75) is 64.5 Å². The standard InChI is InChI=1S/C43H45N7O10/c1-42(2,46-31-15-14-28(49(55)56)22-33(31)50(57)58)17-20-59-43(3,4)16-18-44-40(52)26-10-8-19-48(24-26)34-23-32(45-27-11-7-9-25(21-27)41(53)54)35-36-37(34)47-60-39(36)30-13-6-5-12-29(30)38(35)51/h5-7,9,11-15,21-23,26,45-46H,8,10,16-20,24H2,1-4H3,(H,44,52)(H,53,54)/t26-/m0/s1. The second kappa shape index (κ2) is 16.4. The van der Waals surface area contributed by atoms with Gasteiger partial charge in [0.1, 0.15) is 11.2 Å². The van der Waals surface area contributed by atoms with Crippen LogP contribution in [0.2, 0.25) is 0 Å². The fourth-order valence-electron chi connectivity index (χ4n) is 7.78. The van der Waals surface area contributed by atoms with E-state index >= 15 is 0 Å². The van der Waals surface area contributed by atoms with Gasteiger partial charge in [0.2, 0.25) is 5.91 Å². The molecule has 60 heavy (non-hydrogen) atoms. The molecule has 312 valence electrons. The fourth-order valence-corrected chi connectivity index (χ4v) is 7.78. The topological polar surface area (TPSA) is 232 Å². The smallest absolute Gasteiger partial charge is 0.335 e. The fraction of sp³-hybridized carbons (Fsp3) is 0.349. The van der Waals surface area contributed by atoms with Crippen molar-refractivity contribution in [2.75, 3.05) is 41.8 Å². The van der Waals surface area contributed by atoms with Crippen LogP contribution in [0, 0.1) is 26.1 Å². The maximum atomic E-state index is 14.1. The number of fused-ring (bicyclic) bond motifs is 2. The van der Waals surface area contributed by atoms with Crippen LogP contribution < -0.4 is 20.9 Å². The summed E-state index contributed by atoms with van der Waals surface area (Å²) in [5, 5.41) is 46.9. The maximum Gasteiger partial charge on any atom is 0.335 e. The average Bonchev–Trinajstić information content (AvgIpc) is 3.65. The number of ether oxygens (including phenoxy) is 1. The highest BCUT2D eigenvalue weighted by atomic mass is 16.6. The van der Waals surface area contributed by atoms with E-state index in [0.29, 0.717) is 95.9 Å². The van der Waals surface area contributed by atoms with E-state index in [-0.39, 0.29) is 40.2 Å². The van der Waals surface area contributed by atoms with Crippen molar-refractivity contribution < 1.29 is 38.6 Å². The molecule has 0 saturated carbocycles. The van der Waals surface area contributed by atoms with Crippen LogP contribution in [0.15, 0.2) is 77.3 Å². The SMILES string of the molecule is CC(C)(CCOC(C)(C)CCNC(=O)[C@H]1CCCN(c2cc(Nc3cccc(C(=O)O)c3)c3c4c(onc24)-c2ccccc2C3=O)C1)Nc1ccc([N+](=O)[O-])cc1[N+](=O)[O-]. The molecule has 0 radical (unpaired) electrons. The third-order valence-corrected chi connectivity index (χ3v) is 11.0. The van der Waals surface area contributed by atoms with Crippen molar-refractivity contribution in [3.05, 3.63) is 110 Å². The van der Waals surface area contributed by atoms with Crippen LogP contribution in [0.3, 0.4) is 0 Å². The zero-order valence-electron chi connectivity index (χ0n) is 33.6. The number of anilines is 4. The average molecular weight is 820 g/mol. The van der Waals surface area contributed by atoms with Gasteiger partial charge in [0.05, 0.1) is 55.3 Å². The van der Waals surface area contributed by atoms with Crippen molar-refractivity contribution in [1.29, 1.82) is 0 Å². The first-order chi connectivity index (χ1) is 28.5. The van der Waals surface area contributed by atoms with Gasteiger partial charge >= 0.3 is 5.97 Å². The number of nitrogens with one attached hydrogen (secondary N) is 3. The zero-order valence-corrected chi connectivity index (χ0v) is 33.6. The Morgan fingerprint density at radius 2 is 1.73 bits per heavy atom. The Bertz CT molecular complexity index is 2530. The summed E-state index contributed by atoms with van der Waals surface area (Å²) in [6.45, 7) is 9.23. The van der Waals surface area contributed by atoms with E-state index in [1.54, 1.807) is 24.3 Å². The minimum Gasteiger partial charge on any atom is -0.478 e. The Balaban J connectivity index is 1.01. The lowest BCUT2D eigenvalue weighted by atomic mass is 9.86. The number of nitro benzene ring substituents is 2. The number of hydrogen-bond donors (Lipinski definition) is 4. The van der Waals surface area contributed by atoms with Crippen LogP contribution in [0.4, 0.5) is 34.1 Å². The van der Waals surface area contributed by atoms with Crippen LogP contribution >= 0.6 is 0 Å². The number of nitro groups is 2. The van der Waals surface area contributed by atoms with E-state index in [1.165, 1.54) is 24.3 Å². The number of rotatable bonds is 16. The molecule has 1 amide bonds. The quantitative estimate of drug-likeness (QED) is 0.0534. The predicted molar refractivity (Wildman–Crippen MR) is 224 cm³/mol. The van der Waals surface area contributed by atoms with Gasteiger partial charge in [-0.1, -0.05) is 35.5 Å². The number of non-ortho nitro benzene ring substituents is 1. The van der Waals surface area contributed by atoms with Crippen molar-refractivity contribution in [1.82, 2.24) is 10.5 Å². The minimum atomic E-state index is -1.08. The molecule has 1 fully saturated rings. The van der Waals surface area contributed by atoms with Crippen LogP contribution in [-0.2, 0) is 9.53 Å². The number of carbonyl (C=O) groups is 3. The Morgan fingerprint density at radius 1 is 0.967 bits per heavy atom. The van der Waals surface area contributed by atoms with E-state index in [2.05, 4.69) is 26.0 Å². The summed E-state index contributed by atoms with van der Waals surface area (Å²) in [7, 11) is 0. The highest BCUT2D eigenvalue weighted by molar-refractivity contribution is 6.29. The van der Waals surface area contributed by atoms with E-state index in [1.807, 2.05) is 45.9 Å². The van der Waals surface area contributed by atoms with E-state index < -0.39 is 27.0 Å². The van der Waals surface area contributed by atoms with Gasteiger partial charge in [0.25, 0.3) is 11.4 Å². The van der Waals surface area contributed by atoms with Crippen molar-refractivity contribution in [3.8, 4) is 11.3 Å². The molecule has 1 aliphatic heterocycles. The molecule has 4 N–H and O–H groups in total. The maximum absolute atomic E-state index is 14.1. The van der Waals surface area contributed by atoms with Gasteiger partial charge in [-0.15, -0.1) is 0 Å². The number of hydrogen-bond acceptors (Lipinski definition) is 13. The van der Waals surface area contributed by atoms with Crippen molar-refractivity contribution in [2.24, 2.45) is 5.92 Å². The molecule has 17 heteroatoms. The summed E-state index contributed by atoms with van der Waals surface area (Å²) in [6, 6.07) is 18.8. The monoisotopic (exact) mass is 819 g/mol. The zero-order chi connectivity index (χ0) is 42.9. The lowest BCUT2D eigenvalue weighted by Gasteiger charge is -2.35. The van der Waals surface area contributed by atoms with Gasteiger partial charge in [0, 0.05) is 54.7 Å². The number of carboxylic acids is 1. The van der Waals surface area contributed by atoms with Gasteiger partial charge in [-0.2, -0.15) is 0 Å². The van der Waals surface area contributed by atoms with Crippen LogP contribution in [-0.4, -0.2) is 75.2 Å². The number of piperidine rings is 1. The first-order valence-corrected chi connectivity index (χ1v) is 19.6. The van der Waals surface area contributed by atoms with E-state index in [4.69, 9.17) is 9.26 Å². The number of amides is 1. The number of carboxylic acid groups (broad SMARTS) is 1. The number of carbonyl (C=O) groups excluding carboxylic acids is 2. The number of benzene rings is 4. The molecule has 5 aromatic rings. The second-order valence-electron chi connectivity index (χ2n) is 16.3.